The SMILES string of the molecule is CC1(C)[C@H](NCc2ccccc2)C2CCN1CC2. The van der Waals surface area contributed by atoms with Gasteiger partial charge in [-0.3, -0.25) is 4.90 Å². The van der Waals surface area contributed by atoms with E-state index in [2.05, 4.69) is 54.4 Å². The lowest BCUT2D eigenvalue weighted by Gasteiger charge is -2.56. The monoisotopic (exact) mass is 244 g/mol. The van der Waals surface area contributed by atoms with Crippen LogP contribution in [0.2, 0.25) is 0 Å². The summed E-state index contributed by atoms with van der Waals surface area (Å²) in [6, 6.07) is 11.4. The Kier molecular flexibility index (Phi) is 3.16. The number of nitrogens with zero attached hydrogens (tertiary/aromatic N) is 1. The Bertz CT molecular complexity index is 391. The number of piperidine rings is 3. The number of benzene rings is 1. The molecular formula is C16H24N2. The summed E-state index contributed by atoms with van der Waals surface area (Å²) in [5.41, 5.74) is 1.71. The van der Waals surface area contributed by atoms with Gasteiger partial charge in [-0.1, -0.05) is 30.3 Å². The van der Waals surface area contributed by atoms with Crippen molar-refractivity contribution in [3.05, 3.63) is 35.9 Å². The second-order valence-electron chi connectivity index (χ2n) is 6.32. The predicted molar refractivity (Wildman–Crippen MR) is 75.4 cm³/mol. The molecule has 1 N–H and O–H groups in total. The number of hydrogen-bond donors (Lipinski definition) is 1. The van der Waals surface area contributed by atoms with E-state index in [9.17, 15) is 0 Å². The molecule has 0 saturated carbocycles. The summed E-state index contributed by atoms with van der Waals surface area (Å²) < 4.78 is 0. The zero-order valence-electron chi connectivity index (χ0n) is 11.5. The predicted octanol–water partition coefficient (Wildman–Crippen LogP) is 2.65. The van der Waals surface area contributed by atoms with Crippen LogP contribution in [0, 0.1) is 5.92 Å². The van der Waals surface area contributed by atoms with Gasteiger partial charge in [-0.25, -0.2) is 0 Å². The van der Waals surface area contributed by atoms with Crippen molar-refractivity contribution in [2.75, 3.05) is 13.1 Å². The van der Waals surface area contributed by atoms with Crippen LogP contribution in [0.1, 0.15) is 32.3 Å². The molecule has 3 fully saturated rings. The van der Waals surface area contributed by atoms with E-state index in [0.717, 1.165) is 12.5 Å². The maximum absolute atomic E-state index is 3.82. The molecule has 4 rings (SSSR count). The van der Waals surface area contributed by atoms with Crippen molar-refractivity contribution < 1.29 is 0 Å². The van der Waals surface area contributed by atoms with E-state index in [0.29, 0.717) is 11.6 Å². The van der Waals surface area contributed by atoms with Gasteiger partial charge in [-0.05, 0) is 51.3 Å². The van der Waals surface area contributed by atoms with E-state index in [-0.39, 0.29) is 0 Å². The van der Waals surface area contributed by atoms with Crippen LogP contribution >= 0.6 is 0 Å². The highest BCUT2D eigenvalue weighted by molar-refractivity contribution is 5.15. The molecule has 3 aliphatic rings. The molecule has 0 amide bonds. The molecular weight excluding hydrogens is 220 g/mol. The zero-order valence-corrected chi connectivity index (χ0v) is 11.5. The third-order valence-electron chi connectivity index (χ3n) is 4.96. The summed E-state index contributed by atoms with van der Waals surface area (Å²) in [5, 5.41) is 3.82. The highest BCUT2D eigenvalue weighted by atomic mass is 15.3. The first kappa shape index (κ1) is 12.2. The first-order valence-corrected chi connectivity index (χ1v) is 7.20. The molecule has 3 saturated heterocycles. The normalized spacial score (nSPS) is 33.6. The Labute approximate surface area is 110 Å². The second-order valence-corrected chi connectivity index (χ2v) is 6.32. The van der Waals surface area contributed by atoms with Gasteiger partial charge >= 0.3 is 0 Å². The minimum atomic E-state index is 0.315. The molecule has 2 heteroatoms. The van der Waals surface area contributed by atoms with E-state index in [1.165, 1.54) is 31.5 Å². The van der Waals surface area contributed by atoms with Crippen molar-refractivity contribution in [1.82, 2.24) is 10.2 Å². The first-order valence-electron chi connectivity index (χ1n) is 7.20. The molecule has 1 aromatic rings. The summed E-state index contributed by atoms with van der Waals surface area (Å²) in [7, 11) is 0. The summed E-state index contributed by atoms with van der Waals surface area (Å²) in [5.74, 6) is 0.869. The minimum absolute atomic E-state index is 0.315. The van der Waals surface area contributed by atoms with Crippen LogP contribution < -0.4 is 5.32 Å². The zero-order chi connectivity index (χ0) is 12.6. The molecule has 2 bridgehead atoms. The molecule has 3 aliphatic heterocycles. The summed E-state index contributed by atoms with van der Waals surface area (Å²) in [6.07, 6.45) is 2.74. The third kappa shape index (κ3) is 2.08. The Morgan fingerprint density at radius 1 is 1.17 bits per heavy atom. The van der Waals surface area contributed by atoms with Crippen LogP contribution in [-0.4, -0.2) is 29.6 Å². The standard InChI is InChI=1S/C16H24N2/c1-16(2)15(14-8-10-18(16)11-9-14)17-12-13-6-4-3-5-7-13/h3-7,14-15,17H,8-12H2,1-2H3/t15-/m1/s1. The molecule has 2 nitrogen and oxygen atoms in total. The molecule has 98 valence electrons. The molecule has 1 atom stereocenters. The summed E-state index contributed by atoms with van der Waals surface area (Å²) >= 11 is 0. The van der Waals surface area contributed by atoms with Crippen LogP contribution in [0.15, 0.2) is 30.3 Å². The van der Waals surface area contributed by atoms with Gasteiger partial charge in [0.1, 0.15) is 0 Å². The van der Waals surface area contributed by atoms with E-state index in [1.807, 2.05) is 0 Å². The van der Waals surface area contributed by atoms with Crippen LogP contribution in [0.3, 0.4) is 0 Å². The molecule has 0 unspecified atom stereocenters. The van der Waals surface area contributed by atoms with Crippen molar-refractivity contribution in [3.63, 3.8) is 0 Å². The van der Waals surface area contributed by atoms with E-state index < -0.39 is 0 Å². The highest BCUT2D eigenvalue weighted by Gasteiger charge is 2.47. The number of nitrogens with one attached hydrogen (secondary N) is 1. The van der Waals surface area contributed by atoms with Crippen molar-refractivity contribution in [3.8, 4) is 0 Å². The Morgan fingerprint density at radius 3 is 2.44 bits per heavy atom. The average molecular weight is 244 g/mol. The summed E-state index contributed by atoms with van der Waals surface area (Å²) in [4.78, 5) is 2.66. The van der Waals surface area contributed by atoms with Gasteiger partial charge in [0.25, 0.3) is 0 Å². The van der Waals surface area contributed by atoms with E-state index in [1.54, 1.807) is 0 Å². The Morgan fingerprint density at radius 2 is 1.83 bits per heavy atom. The lowest BCUT2D eigenvalue weighted by Crippen LogP contribution is -2.68. The van der Waals surface area contributed by atoms with E-state index in [4.69, 9.17) is 0 Å². The molecule has 0 spiro atoms. The van der Waals surface area contributed by atoms with Crippen molar-refractivity contribution in [2.45, 2.75) is 44.8 Å². The van der Waals surface area contributed by atoms with Crippen LogP contribution in [0.5, 0.6) is 0 Å². The van der Waals surface area contributed by atoms with Gasteiger partial charge in [-0.2, -0.15) is 0 Å². The third-order valence-corrected chi connectivity index (χ3v) is 4.96. The Balaban J connectivity index is 1.68. The molecule has 0 aliphatic carbocycles. The van der Waals surface area contributed by atoms with Crippen molar-refractivity contribution in [1.29, 1.82) is 0 Å². The van der Waals surface area contributed by atoms with E-state index >= 15 is 0 Å². The molecule has 0 radical (unpaired) electrons. The van der Waals surface area contributed by atoms with Gasteiger partial charge in [0.05, 0.1) is 0 Å². The van der Waals surface area contributed by atoms with Gasteiger partial charge in [0.15, 0.2) is 0 Å². The fourth-order valence-electron chi connectivity index (χ4n) is 3.82. The lowest BCUT2D eigenvalue weighted by atomic mass is 9.72. The quantitative estimate of drug-likeness (QED) is 0.879. The van der Waals surface area contributed by atoms with Gasteiger partial charge in [0.2, 0.25) is 0 Å². The smallest absolute Gasteiger partial charge is 0.0309 e. The number of fused-ring (bicyclic) bond motifs is 3. The molecule has 1 aromatic carbocycles. The topological polar surface area (TPSA) is 15.3 Å². The molecule has 18 heavy (non-hydrogen) atoms. The number of hydrogen-bond acceptors (Lipinski definition) is 2. The van der Waals surface area contributed by atoms with Gasteiger partial charge < -0.3 is 5.32 Å². The van der Waals surface area contributed by atoms with Crippen LogP contribution in [0.4, 0.5) is 0 Å². The largest absolute Gasteiger partial charge is 0.308 e. The minimum Gasteiger partial charge on any atom is -0.308 e. The first-order chi connectivity index (χ1) is 8.68. The van der Waals surface area contributed by atoms with Crippen molar-refractivity contribution >= 4 is 0 Å². The lowest BCUT2D eigenvalue weighted by molar-refractivity contribution is -0.0410. The van der Waals surface area contributed by atoms with Crippen LogP contribution in [0.25, 0.3) is 0 Å². The Hall–Kier alpha value is -0.860. The second kappa shape index (κ2) is 4.67. The average Bonchev–Trinajstić information content (AvgIpc) is 2.39. The van der Waals surface area contributed by atoms with Crippen molar-refractivity contribution in [2.24, 2.45) is 5.92 Å². The maximum Gasteiger partial charge on any atom is 0.0309 e. The fourth-order valence-corrected chi connectivity index (χ4v) is 3.82. The fraction of sp³-hybridized carbons (Fsp3) is 0.625. The van der Waals surface area contributed by atoms with Gasteiger partial charge in [-0.15, -0.1) is 0 Å². The highest BCUT2D eigenvalue weighted by Crippen LogP contribution is 2.39. The maximum atomic E-state index is 3.82. The number of rotatable bonds is 3. The molecule has 0 aromatic heterocycles. The molecule has 3 heterocycles. The van der Waals surface area contributed by atoms with Crippen LogP contribution in [-0.2, 0) is 6.54 Å². The van der Waals surface area contributed by atoms with Gasteiger partial charge in [0, 0.05) is 18.1 Å². The summed E-state index contributed by atoms with van der Waals surface area (Å²) in [6.45, 7) is 8.39.